The minimum atomic E-state index is 0.0571. The van der Waals surface area contributed by atoms with Gasteiger partial charge in [0.1, 0.15) is 11.9 Å². The van der Waals surface area contributed by atoms with E-state index < -0.39 is 0 Å². The quantitative estimate of drug-likeness (QED) is 0.285. The van der Waals surface area contributed by atoms with Crippen LogP contribution in [0.2, 0.25) is 0 Å². The third-order valence-electron chi connectivity index (χ3n) is 8.92. The predicted molar refractivity (Wildman–Crippen MR) is 167 cm³/mol. The first kappa shape index (κ1) is 28.0. The van der Waals surface area contributed by atoms with E-state index in [1.165, 1.54) is 0 Å². The summed E-state index contributed by atoms with van der Waals surface area (Å²) in [5, 5.41) is 22.6. The van der Waals surface area contributed by atoms with E-state index in [2.05, 4.69) is 33.7 Å². The van der Waals surface area contributed by atoms with Crippen LogP contribution < -0.4 is 15.6 Å². The molecule has 1 aromatic carbocycles. The number of nitriles is 1. The van der Waals surface area contributed by atoms with Gasteiger partial charge in [0.15, 0.2) is 0 Å². The number of piperidine rings is 1. The Morgan fingerprint density at radius 1 is 1.19 bits per heavy atom. The highest BCUT2D eigenvalue weighted by Crippen LogP contribution is 2.42. The molecule has 9 heteroatoms. The number of dihydropyridines is 1. The molecular formula is C34H34N8O. The number of anilines is 1. The van der Waals surface area contributed by atoms with Gasteiger partial charge in [0.05, 0.1) is 11.3 Å². The number of hydrogen-bond acceptors (Lipinski definition) is 8. The zero-order chi connectivity index (χ0) is 30.0. The highest BCUT2D eigenvalue weighted by molar-refractivity contribution is 5.95. The van der Waals surface area contributed by atoms with Crippen molar-refractivity contribution in [2.24, 2.45) is 5.41 Å². The molecule has 1 amide bonds. The SMILES string of the molecule is C#Cc1cccc(C(=O)N2CCC3(CCN(c4ccc(C5=CC(C6=CN(C)NC6)=CN/C5=C(/C#N)C=N)cn4)CC3)C2)c1. The number of benzene rings is 1. The maximum Gasteiger partial charge on any atom is 0.253 e. The van der Waals surface area contributed by atoms with Gasteiger partial charge in [-0.05, 0) is 72.2 Å². The fraction of sp³-hybridized carbons (Fsp3) is 0.294. The van der Waals surface area contributed by atoms with Gasteiger partial charge in [-0.3, -0.25) is 4.79 Å². The van der Waals surface area contributed by atoms with E-state index in [9.17, 15) is 10.1 Å². The number of nitrogens with one attached hydrogen (secondary N) is 3. The van der Waals surface area contributed by atoms with Crippen molar-refractivity contribution in [2.75, 3.05) is 44.7 Å². The van der Waals surface area contributed by atoms with Crippen molar-refractivity contribution in [1.82, 2.24) is 25.6 Å². The first-order valence-electron chi connectivity index (χ1n) is 14.5. The molecule has 0 atom stereocenters. The lowest BCUT2D eigenvalue weighted by atomic mass is 9.78. The van der Waals surface area contributed by atoms with Gasteiger partial charge in [-0.15, -0.1) is 6.42 Å². The van der Waals surface area contributed by atoms with E-state index in [0.717, 1.165) is 85.3 Å². The number of allylic oxidation sites excluding steroid dienone is 3. The monoisotopic (exact) mass is 570 g/mol. The van der Waals surface area contributed by atoms with Gasteiger partial charge in [0.2, 0.25) is 0 Å². The number of hydrogen-bond donors (Lipinski definition) is 3. The lowest BCUT2D eigenvalue weighted by molar-refractivity contribution is 0.0764. The smallest absolute Gasteiger partial charge is 0.253 e. The number of carbonyl (C=O) groups is 1. The summed E-state index contributed by atoms with van der Waals surface area (Å²) < 4.78 is 0. The minimum Gasteiger partial charge on any atom is -0.359 e. The van der Waals surface area contributed by atoms with Crippen LogP contribution in [0.1, 0.15) is 40.7 Å². The summed E-state index contributed by atoms with van der Waals surface area (Å²) in [4.78, 5) is 22.3. The molecule has 1 aromatic heterocycles. The summed E-state index contributed by atoms with van der Waals surface area (Å²) >= 11 is 0. The van der Waals surface area contributed by atoms with Gasteiger partial charge in [-0.1, -0.05) is 12.0 Å². The fourth-order valence-corrected chi connectivity index (χ4v) is 6.39. The number of pyridine rings is 1. The van der Waals surface area contributed by atoms with E-state index >= 15 is 0 Å². The Balaban J connectivity index is 1.14. The van der Waals surface area contributed by atoms with Crippen molar-refractivity contribution in [3.05, 3.63) is 100 Å². The fourth-order valence-electron chi connectivity index (χ4n) is 6.39. The number of rotatable bonds is 5. The summed E-state index contributed by atoms with van der Waals surface area (Å²) in [5.74, 6) is 3.59. The van der Waals surface area contributed by atoms with Crippen LogP contribution >= 0.6 is 0 Å². The number of aromatic nitrogens is 1. The number of nitrogens with zero attached hydrogens (tertiary/aromatic N) is 5. The normalized spacial score (nSPS) is 20.4. The molecule has 2 fully saturated rings. The van der Waals surface area contributed by atoms with Crippen molar-refractivity contribution in [3.63, 3.8) is 0 Å². The molecule has 0 unspecified atom stereocenters. The first-order valence-corrected chi connectivity index (χ1v) is 14.5. The molecule has 4 aliphatic rings. The maximum atomic E-state index is 13.2. The molecule has 3 N–H and O–H groups in total. The molecule has 6 rings (SSSR count). The van der Waals surface area contributed by atoms with Gasteiger partial charge in [-0.2, -0.15) is 5.26 Å². The standard InChI is InChI=1S/C34H34N8O/c1-3-24-5-4-6-25(15-24)33(43)42-14-11-34(23-42)9-12-41(13-10-34)31-8-7-26(19-37-31)30-16-27(29-21-39-40(2)22-29)20-38-32(30)28(17-35)18-36/h1,4-8,15-17,19-20,22,35,38-39H,9-14,21,23H2,2H3/b32-28+,35-17?. The van der Waals surface area contributed by atoms with E-state index in [4.69, 9.17) is 16.8 Å². The summed E-state index contributed by atoms with van der Waals surface area (Å²) in [5.41, 5.74) is 9.47. The molecule has 216 valence electrons. The predicted octanol–water partition coefficient (Wildman–Crippen LogP) is 3.83. The number of carbonyl (C=O) groups excluding carboxylic acids is 1. The third kappa shape index (κ3) is 5.55. The van der Waals surface area contributed by atoms with Gasteiger partial charge in [0.25, 0.3) is 5.91 Å². The van der Waals surface area contributed by atoms with Crippen molar-refractivity contribution in [2.45, 2.75) is 19.3 Å². The molecule has 9 nitrogen and oxygen atoms in total. The Hall–Kier alpha value is -5.12. The van der Waals surface area contributed by atoms with Crippen LogP contribution in [0, 0.1) is 34.5 Å². The van der Waals surface area contributed by atoms with Crippen LogP contribution in [-0.2, 0) is 0 Å². The molecule has 1 spiro atoms. The van der Waals surface area contributed by atoms with E-state index in [1.807, 2.05) is 65.9 Å². The van der Waals surface area contributed by atoms with Gasteiger partial charge < -0.3 is 25.5 Å². The van der Waals surface area contributed by atoms with Gasteiger partial charge in [0, 0.05) is 86.8 Å². The van der Waals surface area contributed by atoms with Crippen LogP contribution in [-0.4, -0.2) is 66.8 Å². The zero-order valence-corrected chi connectivity index (χ0v) is 24.2. The van der Waals surface area contributed by atoms with Crippen LogP contribution in [0.5, 0.6) is 0 Å². The summed E-state index contributed by atoms with van der Waals surface area (Å²) in [6.07, 6.45) is 17.5. The highest BCUT2D eigenvalue weighted by Gasteiger charge is 2.42. The number of terminal acetylenes is 1. The Bertz CT molecular complexity index is 1660. The van der Waals surface area contributed by atoms with Crippen molar-refractivity contribution in [3.8, 4) is 18.4 Å². The summed E-state index contributed by atoms with van der Waals surface area (Å²) in [7, 11) is 1.95. The highest BCUT2D eigenvalue weighted by atomic mass is 16.2. The van der Waals surface area contributed by atoms with Crippen molar-refractivity contribution < 1.29 is 4.79 Å². The van der Waals surface area contributed by atoms with Gasteiger partial charge in [-0.25, -0.2) is 10.4 Å². The number of amides is 1. The summed E-state index contributed by atoms with van der Waals surface area (Å²) in [6, 6.07) is 13.5. The van der Waals surface area contributed by atoms with Crippen molar-refractivity contribution >= 4 is 23.5 Å². The molecule has 0 aliphatic carbocycles. The average Bonchev–Trinajstić information content (AvgIpc) is 3.68. The first-order chi connectivity index (χ1) is 20.9. The second kappa shape index (κ2) is 11.6. The second-order valence-corrected chi connectivity index (χ2v) is 11.5. The molecule has 0 saturated carbocycles. The second-order valence-electron chi connectivity index (χ2n) is 11.5. The molecule has 0 bridgehead atoms. The molecule has 5 heterocycles. The average molecular weight is 571 g/mol. The number of likely N-dealkylation sites (tertiary alicyclic amines) is 1. The molecule has 0 radical (unpaired) electrons. The van der Waals surface area contributed by atoms with Crippen molar-refractivity contribution in [1.29, 1.82) is 10.7 Å². The lowest BCUT2D eigenvalue weighted by Crippen LogP contribution is -2.42. The van der Waals surface area contributed by atoms with Gasteiger partial charge >= 0.3 is 0 Å². The Morgan fingerprint density at radius 2 is 2.00 bits per heavy atom. The summed E-state index contributed by atoms with van der Waals surface area (Å²) in [6.45, 7) is 4.01. The van der Waals surface area contributed by atoms with Crippen LogP contribution in [0.25, 0.3) is 5.57 Å². The van der Waals surface area contributed by atoms with Crippen LogP contribution in [0.15, 0.2) is 83.5 Å². The third-order valence-corrected chi connectivity index (χ3v) is 8.92. The molecular weight excluding hydrogens is 536 g/mol. The van der Waals surface area contributed by atoms with E-state index in [-0.39, 0.29) is 16.9 Å². The molecule has 2 aromatic rings. The van der Waals surface area contributed by atoms with Crippen LogP contribution in [0.4, 0.5) is 5.82 Å². The number of hydrazine groups is 1. The topological polar surface area (TPSA) is 111 Å². The van der Waals surface area contributed by atoms with Crippen LogP contribution in [0.3, 0.4) is 0 Å². The molecule has 43 heavy (non-hydrogen) atoms. The lowest BCUT2D eigenvalue weighted by Gasteiger charge is -2.39. The van der Waals surface area contributed by atoms with E-state index in [0.29, 0.717) is 17.8 Å². The van der Waals surface area contributed by atoms with E-state index in [1.54, 1.807) is 6.07 Å². The minimum absolute atomic E-state index is 0.0571. The molecule has 2 saturated heterocycles. The zero-order valence-electron chi connectivity index (χ0n) is 24.2. The largest absolute Gasteiger partial charge is 0.359 e. The Kier molecular flexibility index (Phi) is 7.58. The molecule has 4 aliphatic heterocycles. The Morgan fingerprint density at radius 3 is 2.67 bits per heavy atom. The maximum absolute atomic E-state index is 13.2. The Labute approximate surface area is 252 Å².